The number of anilines is 1. The van der Waals surface area contributed by atoms with Crippen LogP contribution in [-0.4, -0.2) is 97.9 Å². The lowest BCUT2D eigenvalue weighted by atomic mass is 10.2. The summed E-state index contributed by atoms with van der Waals surface area (Å²) >= 11 is 0. The molecule has 2 aliphatic rings. The van der Waals surface area contributed by atoms with E-state index in [4.69, 9.17) is 4.74 Å². The normalized spacial score (nSPS) is 18.0. The van der Waals surface area contributed by atoms with Crippen molar-refractivity contribution in [2.75, 3.05) is 56.6 Å². The molecule has 1 atom stereocenters. The lowest BCUT2D eigenvalue weighted by molar-refractivity contribution is -0.384. The molecular weight excluding hydrogens is 669 g/mol. The molecule has 2 saturated heterocycles. The predicted molar refractivity (Wildman–Crippen MR) is 164 cm³/mol. The van der Waals surface area contributed by atoms with Crippen molar-refractivity contribution in [2.24, 2.45) is 0 Å². The third-order valence-corrected chi connectivity index (χ3v) is 11.5. The van der Waals surface area contributed by atoms with Crippen LogP contribution >= 0.6 is 0 Å². The summed E-state index contributed by atoms with van der Waals surface area (Å²) in [6.45, 7) is -0.704. The standard InChI is InChI=1S/C28H31F3N6O8S2/c29-6-2-12-46(41,42)35-7-5-25(18-35)45-27-26(17-32-36(28(27)38)24-15-21(30)14-22(31)16-24)33-8-10-34(11-9-33)47(43,44)19-20-3-1-4-23(13-20)37(39)40/h1,3-4,13-17,25H,2,5-12,18-19H2/t25-/m1/s1. The quantitative estimate of drug-likeness (QED) is 0.202. The van der Waals surface area contributed by atoms with Gasteiger partial charge in [0.25, 0.3) is 5.69 Å². The molecule has 2 aromatic carbocycles. The van der Waals surface area contributed by atoms with Crippen LogP contribution in [0.3, 0.4) is 0 Å². The summed E-state index contributed by atoms with van der Waals surface area (Å²) < 4.78 is 101. The van der Waals surface area contributed by atoms with Crippen LogP contribution in [0.15, 0.2) is 53.5 Å². The second-order valence-corrected chi connectivity index (χ2v) is 15.1. The Labute approximate surface area is 268 Å². The summed E-state index contributed by atoms with van der Waals surface area (Å²) in [7, 11) is -7.65. The fourth-order valence-corrected chi connectivity index (χ4v) is 8.47. The number of benzene rings is 2. The summed E-state index contributed by atoms with van der Waals surface area (Å²) in [5.41, 5.74) is -0.926. The number of nitrogens with zero attached hydrogens (tertiary/aromatic N) is 6. The second-order valence-electron chi connectivity index (χ2n) is 11.0. The van der Waals surface area contributed by atoms with Gasteiger partial charge >= 0.3 is 5.56 Å². The molecule has 19 heteroatoms. The lowest BCUT2D eigenvalue weighted by Crippen LogP contribution is -2.49. The van der Waals surface area contributed by atoms with Crippen molar-refractivity contribution in [1.29, 1.82) is 0 Å². The van der Waals surface area contributed by atoms with E-state index in [-0.39, 0.29) is 86.2 Å². The average Bonchev–Trinajstić information content (AvgIpc) is 3.50. The lowest BCUT2D eigenvalue weighted by Gasteiger charge is -2.36. The van der Waals surface area contributed by atoms with Crippen LogP contribution in [0.5, 0.6) is 5.75 Å². The van der Waals surface area contributed by atoms with Crippen LogP contribution in [0, 0.1) is 21.7 Å². The van der Waals surface area contributed by atoms with Crippen molar-refractivity contribution in [3.8, 4) is 11.4 Å². The van der Waals surface area contributed by atoms with Crippen molar-refractivity contribution in [2.45, 2.75) is 24.7 Å². The summed E-state index contributed by atoms with van der Waals surface area (Å²) in [6, 6.07) is 7.77. The first-order valence-corrected chi connectivity index (χ1v) is 17.7. The molecule has 0 unspecified atom stereocenters. The second kappa shape index (κ2) is 14.0. The SMILES string of the molecule is O=c1c(O[C@@H]2CCN(S(=O)(=O)CCCF)C2)c(N2CCN(S(=O)(=O)Cc3cccc([N+](=O)[O-])c3)CC2)cnn1-c1cc(F)cc(F)c1. The van der Waals surface area contributed by atoms with Gasteiger partial charge in [-0.3, -0.25) is 19.3 Å². The third kappa shape index (κ3) is 7.91. The average molecular weight is 701 g/mol. The van der Waals surface area contributed by atoms with Gasteiger partial charge in [-0.2, -0.15) is 18.4 Å². The first kappa shape index (κ1) is 34.3. The number of nitro benzene ring substituents is 1. The Morgan fingerprint density at radius 2 is 1.66 bits per heavy atom. The monoisotopic (exact) mass is 700 g/mol. The number of sulfonamides is 2. The highest BCUT2D eigenvalue weighted by Crippen LogP contribution is 2.30. The predicted octanol–water partition coefficient (Wildman–Crippen LogP) is 2.21. The van der Waals surface area contributed by atoms with Gasteiger partial charge in [0.1, 0.15) is 23.4 Å². The highest BCUT2D eigenvalue weighted by molar-refractivity contribution is 7.89. The Kier molecular flexibility index (Phi) is 10.2. The Hall–Kier alpha value is -4.07. The van der Waals surface area contributed by atoms with E-state index < -0.39 is 60.7 Å². The van der Waals surface area contributed by atoms with E-state index in [9.17, 15) is 44.9 Å². The molecule has 3 heterocycles. The number of hydrogen-bond donors (Lipinski definition) is 0. The van der Waals surface area contributed by atoms with Gasteiger partial charge in [0.2, 0.25) is 25.8 Å². The summed E-state index contributed by atoms with van der Waals surface area (Å²) in [4.78, 5) is 25.9. The largest absolute Gasteiger partial charge is 0.481 e. The van der Waals surface area contributed by atoms with Gasteiger partial charge in [-0.15, -0.1) is 0 Å². The summed E-state index contributed by atoms with van der Waals surface area (Å²) in [5.74, 6) is -3.02. The van der Waals surface area contributed by atoms with Crippen molar-refractivity contribution >= 4 is 31.4 Å². The molecule has 5 rings (SSSR count). The molecule has 14 nitrogen and oxygen atoms in total. The molecule has 1 aromatic heterocycles. The van der Waals surface area contributed by atoms with Crippen LogP contribution in [0.4, 0.5) is 24.5 Å². The van der Waals surface area contributed by atoms with E-state index in [2.05, 4.69) is 5.10 Å². The molecule has 2 aliphatic heterocycles. The number of piperazine rings is 1. The molecular formula is C28H31F3N6O8S2. The summed E-state index contributed by atoms with van der Waals surface area (Å²) in [6.07, 6.45) is 0.491. The highest BCUT2D eigenvalue weighted by atomic mass is 32.2. The maximum absolute atomic E-state index is 14.0. The first-order valence-electron chi connectivity index (χ1n) is 14.5. The number of halogens is 3. The van der Waals surface area contributed by atoms with Gasteiger partial charge in [-0.25, -0.2) is 25.6 Å². The minimum atomic E-state index is -3.88. The number of rotatable bonds is 12. The minimum Gasteiger partial charge on any atom is -0.481 e. The molecule has 0 radical (unpaired) electrons. The smallest absolute Gasteiger partial charge is 0.316 e. The Morgan fingerprint density at radius 1 is 0.957 bits per heavy atom. The fourth-order valence-electron chi connectivity index (χ4n) is 5.46. The van der Waals surface area contributed by atoms with Gasteiger partial charge in [0, 0.05) is 50.9 Å². The minimum absolute atomic E-state index is 0.0150. The Morgan fingerprint density at radius 3 is 2.32 bits per heavy atom. The molecule has 0 N–H and O–H groups in total. The number of non-ortho nitro benzene ring substituents is 1. The zero-order valence-corrected chi connectivity index (χ0v) is 26.5. The maximum Gasteiger partial charge on any atom is 0.316 e. The highest BCUT2D eigenvalue weighted by Gasteiger charge is 2.35. The number of aromatic nitrogens is 2. The van der Waals surface area contributed by atoms with E-state index in [1.54, 1.807) is 4.90 Å². The van der Waals surface area contributed by atoms with E-state index >= 15 is 0 Å². The molecule has 2 fully saturated rings. The van der Waals surface area contributed by atoms with E-state index in [1.807, 2.05) is 0 Å². The Bertz CT molecular complexity index is 1900. The molecule has 0 spiro atoms. The first-order chi connectivity index (χ1) is 22.3. The molecule has 0 aliphatic carbocycles. The number of ether oxygens (including phenoxy) is 1. The zero-order chi connectivity index (χ0) is 33.9. The van der Waals surface area contributed by atoms with Crippen LogP contribution in [0.1, 0.15) is 18.4 Å². The van der Waals surface area contributed by atoms with Crippen LogP contribution in [0.25, 0.3) is 5.69 Å². The van der Waals surface area contributed by atoms with Crippen molar-refractivity contribution < 1.29 is 39.7 Å². The van der Waals surface area contributed by atoms with Crippen LogP contribution in [-0.2, 0) is 25.8 Å². The number of alkyl halides is 1. The third-order valence-electron chi connectivity index (χ3n) is 7.77. The van der Waals surface area contributed by atoms with Crippen LogP contribution < -0.4 is 15.2 Å². The molecule has 3 aromatic rings. The molecule has 0 amide bonds. The topological polar surface area (TPSA) is 165 Å². The maximum atomic E-state index is 14.0. The number of hydrogen-bond acceptors (Lipinski definition) is 10. The van der Waals surface area contributed by atoms with Crippen LogP contribution in [0.2, 0.25) is 0 Å². The van der Waals surface area contributed by atoms with Gasteiger partial charge in [-0.05, 0) is 30.5 Å². The van der Waals surface area contributed by atoms with Gasteiger partial charge in [0.05, 0.1) is 41.5 Å². The molecule has 254 valence electrons. The fraction of sp³-hybridized carbons (Fsp3) is 0.429. The van der Waals surface area contributed by atoms with Gasteiger partial charge in [-0.1, -0.05) is 12.1 Å². The van der Waals surface area contributed by atoms with Gasteiger partial charge in [0.15, 0.2) is 0 Å². The van der Waals surface area contributed by atoms with Crippen molar-refractivity contribution in [1.82, 2.24) is 18.4 Å². The summed E-state index contributed by atoms with van der Waals surface area (Å²) in [5, 5.41) is 15.2. The molecule has 47 heavy (non-hydrogen) atoms. The molecule has 0 bridgehead atoms. The van der Waals surface area contributed by atoms with E-state index in [1.165, 1.54) is 34.8 Å². The van der Waals surface area contributed by atoms with Gasteiger partial charge < -0.3 is 9.64 Å². The zero-order valence-electron chi connectivity index (χ0n) is 24.9. The number of nitro groups is 1. The van der Waals surface area contributed by atoms with Crippen molar-refractivity contribution in [3.05, 3.63) is 86.3 Å². The van der Waals surface area contributed by atoms with Crippen molar-refractivity contribution in [3.63, 3.8) is 0 Å². The van der Waals surface area contributed by atoms with E-state index in [0.29, 0.717) is 6.07 Å². The van der Waals surface area contributed by atoms with E-state index in [0.717, 1.165) is 21.1 Å². The Balaban J connectivity index is 1.39. The molecule has 0 saturated carbocycles.